The molecule has 0 bridgehead atoms. The van der Waals surface area contributed by atoms with Crippen LogP contribution in [0, 0.1) is 0 Å². The number of halogens is 1. The number of anilines is 1. The van der Waals surface area contributed by atoms with Gasteiger partial charge in [-0.25, -0.2) is 4.98 Å². The molecule has 1 aromatic heterocycles. The summed E-state index contributed by atoms with van der Waals surface area (Å²) < 4.78 is 0. The van der Waals surface area contributed by atoms with Crippen molar-refractivity contribution in [2.45, 2.75) is 6.42 Å². The van der Waals surface area contributed by atoms with Crippen LogP contribution in [0.25, 0.3) is 0 Å². The van der Waals surface area contributed by atoms with Crippen LogP contribution in [0.5, 0.6) is 0 Å². The van der Waals surface area contributed by atoms with E-state index in [2.05, 4.69) is 15.3 Å². The van der Waals surface area contributed by atoms with Crippen molar-refractivity contribution in [2.75, 3.05) is 17.7 Å². The Kier molecular flexibility index (Phi) is 3.69. The second-order valence-electron chi connectivity index (χ2n) is 2.06. The molecule has 0 amide bonds. The third-order valence-electron chi connectivity index (χ3n) is 1.18. The van der Waals surface area contributed by atoms with Gasteiger partial charge in [0.25, 0.3) is 0 Å². The Morgan fingerprint density at radius 1 is 1.45 bits per heavy atom. The first kappa shape index (κ1) is 8.27. The maximum Gasteiger partial charge on any atom is 0.144 e. The molecule has 0 aromatic carbocycles. The van der Waals surface area contributed by atoms with E-state index in [1.54, 1.807) is 18.6 Å². The van der Waals surface area contributed by atoms with Crippen LogP contribution in [0.4, 0.5) is 5.82 Å². The lowest BCUT2D eigenvalue weighted by Crippen LogP contribution is -2.03. The predicted octanol–water partition coefficient (Wildman–Crippen LogP) is 1.52. The van der Waals surface area contributed by atoms with Crippen LogP contribution in [-0.2, 0) is 0 Å². The molecule has 60 valence electrons. The molecular weight excluding hydrogens is 162 g/mol. The summed E-state index contributed by atoms with van der Waals surface area (Å²) in [5.74, 6) is 1.48. The Bertz CT molecular complexity index is 190. The van der Waals surface area contributed by atoms with E-state index >= 15 is 0 Å². The number of aromatic nitrogens is 2. The lowest BCUT2D eigenvalue weighted by Gasteiger charge is -2.01. The average Bonchev–Trinajstić information content (AvgIpc) is 2.07. The maximum atomic E-state index is 5.49. The molecule has 1 heterocycles. The SMILES string of the molecule is ClCCCNc1cnccn1. The molecule has 0 unspecified atom stereocenters. The molecule has 11 heavy (non-hydrogen) atoms. The highest BCUT2D eigenvalue weighted by molar-refractivity contribution is 6.17. The number of alkyl halides is 1. The Morgan fingerprint density at radius 3 is 3.00 bits per heavy atom. The third kappa shape index (κ3) is 3.18. The Hall–Kier alpha value is -0.830. The number of nitrogens with zero attached hydrogens (tertiary/aromatic N) is 2. The zero-order valence-electron chi connectivity index (χ0n) is 6.13. The molecule has 3 nitrogen and oxygen atoms in total. The molecule has 1 rings (SSSR count). The van der Waals surface area contributed by atoms with E-state index in [-0.39, 0.29) is 0 Å². The minimum atomic E-state index is 0.674. The van der Waals surface area contributed by atoms with E-state index < -0.39 is 0 Å². The van der Waals surface area contributed by atoms with Crippen molar-refractivity contribution in [3.63, 3.8) is 0 Å². The van der Waals surface area contributed by atoms with E-state index in [4.69, 9.17) is 11.6 Å². The van der Waals surface area contributed by atoms with Crippen LogP contribution in [0.1, 0.15) is 6.42 Å². The van der Waals surface area contributed by atoms with Crippen molar-refractivity contribution in [3.05, 3.63) is 18.6 Å². The van der Waals surface area contributed by atoms with Crippen LogP contribution in [-0.4, -0.2) is 22.4 Å². The Balaban J connectivity index is 2.28. The molecular formula is C7H10ClN3. The van der Waals surface area contributed by atoms with Crippen LogP contribution < -0.4 is 5.32 Å². The van der Waals surface area contributed by atoms with Crippen LogP contribution in [0.3, 0.4) is 0 Å². The molecule has 4 heteroatoms. The second kappa shape index (κ2) is 4.91. The van der Waals surface area contributed by atoms with Crippen LogP contribution in [0.15, 0.2) is 18.6 Å². The monoisotopic (exact) mass is 171 g/mol. The standard InChI is InChI=1S/C7H10ClN3/c8-2-1-3-10-7-6-9-4-5-11-7/h4-6H,1-3H2,(H,10,11). The van der Waals surface area contributed by atoms with E-state index in [1.807, 2.05) is 0 Å². The quantitative estimate of drug-likeness (QED) is 0.552. The van der Waals surface area contributed by atoms with Crippen LogP contribution >= 0.6 is 11.6 Å². The van der Waals surface area contributed by atoms with Gasteiger partial charge < -0.3 is 5.32 Å². The van der Waals surface area contributed by atoms with Crippen molar-refractivity contribution < 1.29 is 0 Å². The van der Waals surface area contributed by atoms with Gasteiger partial charge in [0.05, 0.1) is 6.20 Å². The van der Waals surface area contributed by atoms with E-state index in [0.29, 0.717) is 5.88 Å². The first-order valence-corrected chi connectivity index (χ1v) is 4.03. The number of hydrogen-bond acceptors (Lipinski definition) is 3. The molecule has 1 N–H and O–H groups in total. The highest BCUT2D eigenvalue weighted by Gasteiger charge is 1.89. The van der Waals surface area contributed by atoms with Crippen molar-refractivity contribution in [1.82, 2.24) is 9.97 Å². The summed E-state index contributed by atoms with van der Waals surface area (Å²) >= 11 is 5.49. The summed E-state index contributed by atoms with van der Waals surface area (Å²) in [4.78, 5) is 7.94. The summed E-state index contributed by atoms with van der Waals surface area (Å²) in [5, 5.41) is 3.09. The lowest BCUT2D eigenvalue weighted by atomic mass is 10.5. The highest BCUT2D eigenvalue weighted by Crippen LogP contribution is 1.96. The number of rotatable bonds is 4. The molecule has 0 saturated heterocycles. The predicted molar refractivity (Wildman–Crippen MR) is 45.9 cm³/mol. The topological polar surface area (TPSA) is 37.8 Å². The second-order valence-corrected chi connectivity index (χ2v) is 2.44. The van der Waals surface area contributed by atoms with E-state index in [0.717, 1.165) is 18.8 Å². The summed E-state index contributed by atoms with van der Waals surface area (Å²) in [6.07, 6.45) is 5.93. The number of hydrogen-bond donors (Lipinski definition) is 1. The van der Waals surface area contributed by atoms with E-state index in [9.17, 15) is 0 Å². The largest absolute Gasteiger partial charge is 0.369 e. The molecule has 0 atom stereocenters. The van der Waals surface area contributed by atoms with Gasteiger partial charge in [0.2, 0.25) is 0 Å². The lowest BCUT2D eigenvalue weighted by molar-refractivity contribution is 0.971. The van der Waals surface area contributed by atoms with Crippen molar-refractivity contribution in [2.24, 2.45) is 0 Å². The van der Waals surface area contributed by atoms with Gasteiger partial charge in [-0.1, -0.05) is 0 Å². The fourth-order valence-electron chi connectivity index (χ4n) is 0.674. The molecule has 1 aromatic rings. The van der Waals surface area contributed by atoms with Gasteiger partial charge in [0.15, 0.2) is 0 Å². The fourth-order valence-corrected chi connectivity index (χ4v) is 0.807. The molecule has 0 radical (unpaired) electrons. The van der Waals surface area contributed by atoms with Gasteiger partial charge in [0, 0.05) is 24.8 Å². The number of nitrogens with one attached hydrogen (secondary N) is 1. The van der Waals surface area contributed by atoms with Crippen molar-refractivity contribution >= 4 is 17.4 Å². The smallest absolute Gasteiger partial charge is 0.144 e. The zero-order valence-corrected chi connectivity index (χ0v) is 6.88. The molecule has 0 aliphatic rings. The zero-order chi connectivity index (χ0) is 7.94. The van der Waals surface area contributed by atoms with E-state index in [1.165, 1.54) is 0 Å². The van der Waals surface area contributed by atoms with Crippen molar-refractivity contribution in [1.29, 1.82) is 0 Å². The Morgan fingerprint density at radius 2 is 2.36 bits per heavy atom. The van der Waals surface area contributed by atoms with Gasteiger partial charge in [-0.05, 0) is 6.42 Å². The minimum Gasteiger partial charge on any atom is -0.369 e. The van der Waals surface area contributed by atoms with Gasteiger partial charge in [-0.15, -0.1) is 11.6 Å². The average molecular weight is 172 g/mol. The molecule has 0 aliphatic carbocycles. The third-order valence-corrected chi connectivity index (χ3v) is 1.45. The molecule has 0 spiro atoms. The summed E-state index contributed by atoms with van der Waals surface area (Å²) in [6.45, 7) is 0.849. The normalized spacial score (nSPS) is 9.55. The summed E-state index contributed by atoms with van der Waals surface area (Å²) in [5.41, 5.74) is 0. The highest BCUT2D eigenvalue weighted by atomic mass is 35.5. The van der Waals surface area contributed by atoms with Crippen LogP contribution in [0.2, 0.25) is 0 Å². The van der Waals surface area contributed by atoms with Gasteiger partial charge in [-0.3, -0.25) is 4.98 Å². The first-order chi connectivity index (χ1) is 5.43. The minimum absolute atomic E-state index is 0.674. The van der Waals surface area contributed by atoms with Crippen molar-refractivity contribution in [3.8, 4) is 0 Å². The van der Waals surface area contributed by atoms with Gasteiger partial charge in [-0.2, -0.15) is 0 Å². The molecule has 0 saturated carbocycles. The Labute approximate surface area is 70.8 Å². The maximum absolute atomic E-state index is 5.49. The van der Waals surface area contributed by atoms with Gasteiger partial charge >= 0.3 is 0 Å². The summed E-state index contributed by atoms with van der Waals surface area (Å²) in [6, 6.07) is 0. The fraction of sp³-hybridized carbons (Fsp3) is 0.429. The molecule has 0 aliphatic heterocycles. The van der Waals surface area contributed by atoms with Gasteiger partial charge in [0.1, 0.15) is 5.82 Å². The summed E-state index contributed by atoms with van der Waals surface area (Å²) in [7, 11) is 0. The molecule has 0 fully saturated rings. The first-order valence-electron chi connectivity index (χ1n) is 3.49.